The number of fused-ring (bicyclic) bond motifs is 1. The smallest absolute Gasteiger partial charge is 0.329 e. The van der Waals surface area contributed by atoms with E-state index in [0.29, 0.717) is 24.2 Å². The van der Waals surface area contributed by atoms with Crippen LogP contribution in [0.2, 0.25) is 0 Å². The highest BCUT2D eigenvalue weighted by molar-refractivity contribution is 6.19. The minimum atomic E-state index is -0.696. The Bertz CT molecular complexity index is 990. The van der Waals surface area contributed by atoms with Gasteiger partial charge in [-0.25, -0.2) is 9.69 Å². The molecule has 0 bridgehead atoms. The van der Waals surface area contributed by atoms with Gasteiger partial charge in [-0.1, -0.05) is 50.6 Å². The molecular formula is C24H27N3O3. The number of benzene rings is 2. The number of urea groups is 1. The van der Waals surface area contributed by atoms with Crippen LogP contribution in [0.4, 0.5) is 10.5 Å². The van der Waals surface area contributed by atoms with Gasteiger partial charge in [0.15, 0.2) is 0 Å². The number of aryl methyl sites for hydroxylation is 1. The number of rotatable bonds is 2. The first-order chi connectivity index (χ1) is 14.2. The van der Waals surface area contributed by atoms with E-state index in [1.807, 2.05) is 43.3 Å². The largest absolute Gasteiger partial charge is 0.332 e. The second-order valence-corrected chi connectivity index (χ2v) is 9.12. The Labute approximate surface area is 176 Å². The molecule has 2 heterocycles. The predicted octanol–water partition coefficient (Wildman–Crippen LogP) is 3.63. The number of hydrogen-bond acceptors (Lipinski definition) is 3. The zero-order chi connectivity index (χ0) is 21.6. The Morgan fingerprint density at radius 3 is 2.23 bits per heavy atom. The quantitative estimate of drug-likeness (QED) is 0.829. The average Bonchev–Trinajstić information content (AvgIpc) is 3.12. The maximum absolute atomic E-state index is 13.3. The zero-order valence-electron chi connectivity index (χ0n) is 17.8. The van der Waals surface area contributed by atoms with Gasteiger partial charge in [0, 0.05) is 12.1 Å². The number of carbonyl (C=O) groups excluding carboxylic acids is 3. The summed E-state index contributed by atoms with van der Waals surface area (Å²) >= 11 is 0. The predicted molar refractivity (Wildman–Crippen MR) is 116 cm³/mol. The van der Waals surface area contributed by atoms with Crippen LogP contribution in [0.5, 0.6) is 0 Å². The molecule has 0 aliphatic carbocycles. The van der Waals surface area contributed by atoms with Gasteiger partial charge in [-0.2, -0.15) is 0 Å². The second kappa shape index (κ2) is 7.27. The maximum Gasteiger partial charge on any atom is 0.329 e. The van der Waals surface area contributed by atoms with Crippen molar-refractivity contribution < 1.29 is 14.4 Å². The van der Waals surface area contributed by atoms with Crippen LogP contribution in [0.3, 0.4) is 0 Å². The van der Waals surface area contributed by atoms with E-state index in [0.717, 1.165) is 16.0 Å². The molecule has 0 saturated carbocycles. The summed E-state index contributed by atoms with van der Waals surface area (Å²) in [6.45, 7) is 8.75. The highest BCUT2D eigenvalue weighted by Crippen LogP contribution is 2.30. The first-order valence-corrected chi connectivity index (χ1v) is 10.3. The summed E-state index contributed by atoms with van der Waals surface area (Å²) in [4.78, 5) is 41.9. The van der Waals surface area contributed by atoms with Crippen molar-refractivity contribution in [1.82, 2.24) is 10.2 Å². The highest BCUT2D eigenvalue weighted by atomic mass is 16.2. The van der Waals surface area contributed by atoms with E-state index in [-0.39, 0.29) is 23.3 Å². The van der Waals surface area contributed by atoms with Gasteiger partial charge in [-0.3, -0.25) is 9.59 Å². The van der Waals surface area contributed by atoms with Crippen molar-refractivity contribution in [2.45, 2.75) is 51.6 Å². The van der Waals surface area contributed by atoms with Gasteiger partial charge in [0.25, 0.3) is 11.8 Å². The fourth-order valence-corrected chi connectivity index (χ4v) is 4.15. The lowest BCUT2D eigenvalue weighted by Crippen LogP contribution is -2.65. The van der Waals surface area contributed by atoms with E-state index >= 15 is 0 Å². The third kappa shape index (κ3) is 3.47. The van der Waals surface area contributed by atoms with Gasteiger partial charge < -0.3 is 10.2 Å². The Morgan fingerprint density at radius 1 is 1.00 bits per heavy atom. The molecular weight excluding hydrogens is 378 g/mol. The first kappa shape index (κ1) is 20.1. The molecule has 0 spiro atoms. The number of nitrogens with one attached hydrogen (secondary N) is 1. The molecule has 2 aliphatic heterocycles. The van der Waals surface area contributed by atoms with Crippen molar-refractivity contribution in [1.29, 1.82) is 0 Å². The highest BCUT2D eigenvalue weighted by Gasteiger charge is 2.50. The number of likely N-dealkylation sites (tertiary alicyclic amines) is 1. The molecule has 2 atom stereocenters. The van der Waals surface area contributed by atoms with Crippen LogP contribution in [0, 0.1) is 6.92 Å². The molecule has 2 aromatic carbocycles. The van der Waals surface area contributed by atoms with Crippen LogP contribution in [-0.2, 0) is 10.2 Å². The van der Waals surface area contributed by atoms with Crippen molar-refractivity contribution in [3.05, 3.63) is 65.2 Å². The monoisotopic (exact) mass is 405 g/mol. The molecule has 0 radical (unpaired) electrons. The molecule has 30 heavy (non-hydrogen) atoms. The molecule has 156 valence electrons. The van der Waals surface area contributed by atoms with Gasteiger partial charge >= 0.3 is 6.03 Å². The average molecular weight is 405 g/mol. The molecule has 4 rings (SSSR count). The van der Waals surface area contributed by atoms with E-state index in [1.54, 1.807) is 17.0 Å². The molecule has 2 saturated heterocycles. The summed E-state index contributed by atoms with van der Waals surface area (Å²) in [5, 5.41) is 2.91. The number of imide groups is 1. The number of hydrogen-bond donors (Lipinski definition) is 1. The van der Waals surface area contributed by atoms with Gasteiger partial charge in [0.1, 0.15) is 6.04 Å². The Hall–Kier alpha value is -3.15. The Kier molecular flexibility index (Phi) is 4.88. The summed E-state index contributed by atoms with van der Waals surface area (Å²) in [5.41, 5.74) is 3.24. The molecule has 2 fully saturated rings. The normalized spacial score (nSPS) is 21.5. The number of carbonyl (C=O) groups is 3. The summed E-state index contributed by atoms with van der Waals surface area (Å²) < 4.78 is 0. The summed E-state index contributed by atoms with van der Waals surface area (Å²) in [5.74, 6) is -0.541. The number of anilines is 1. The fraction of sp³-hybridized carbons (Fsp3) is 0.375. The van der Waals surface area contributed by atoms with Crippen LogP contribution < -0.4 is 10.2 Å². The van der Waals surface area contributed by atoms with Crippen molar-refractivity contribution >= 4 is 23.5 Å². The minimum absolute atomic E-state index is 0.00151. The maximum atomic E-state index is 13.3. The van der Waals surface area contributed by atoms with E-state index in [9.17, 15) is 14.4 Å². The molecule has 4 amide bonds. The SMILES string of the molecule is Cc1ccc(N2C(=O)N[C@@H]3CCN(C(=O)c4ccc(C(C)(C)C)cc4)[C@@H]3C2=O)cc1. The Morgan fingerprint density at radius 2 is 1.63 bits per heavy atom. The molecule has 0 aromatic heterocycles. The minimum Gasteiger partial charge on any atom is -0.332 e. The molecule has 0 unspecified atom stereocenters. The van der Waals surface area contributed by atoms with Crippen molar-refractivity contribution in [3.63, 3.8) is 0 Å². The van der Waals surface area contributed by atoms with Gasteiger partial charge in [-0.05, 0) is 48.6 Å². The van der Waals surface area contributed by atoms with Crippen molar-refractivity contribution in [3.8, 4) is 0 Å². The zero-order valence-corrected chi connectivity index (χ0v) is 17.8. The van der Waals surface area contributed by atoms with Gasteiger partial charge in [0.05, 0.1) is 11.7 Å². The van der Waals surface area contributed by atoms with Crippen LogP contribution in [0.25, 0.3) is 0 Å². The van der Waals surface area contributed by atoms with Crippen LogP contribution >= 0.6 is 0 Å². The fourth-order valence-electron chi connectivity index (χ4n) is 4.15. The lowest BCUT2D eigenvalue weighted by atomic mass is 9.86. The summed E-state index contributed by atoms with van der Waals surface area (Å²) in [6.07, 6.45) is 0.565. The third-order valence-corrected chi connectivity index (χ3v) is 5.93. The van der Waals surface area contributed by atoms with Gasteiger partial charge in [0.2, 0.25) is 0 Å². The number of nitrogens with zero attached hydrogens (tertiary/aromatic N) is 2. The summed E-state index contributed by atoms with van der Waals surface area (Å²) in [6, 6.07) is 13.3. The van der Waals surface area contributed by atoms with Crippen molar-refractivity contribution in [2.75, 3.05) is 11.4 Å². The molecule has 2 aromatic rings. The van der Waals surface area contributed by atoms with E-state index in [2.05, 4.69) is 26.1 Å². The molecule has 6 nitrogen and oxygen atoms in total. The lowest BCUT2D eigenvalue weighted by Gasteiger charge is -2.37. The third-order valence-electron chi connectivity index (χ3n) is 5.93. The Balaban J connectivity index is 1.60. The van der Waals surface area contributed by atoms with Crippen LogP contribution in [0.1, 0.15) is 48.7 Å². The topological polar surface area (TPSA) is 69.7 Å². The van der Waals surface area contributed by atoms with Crippen LogP contribution in [-0.4, -0.2) is 41.4 Å². The number of amides is 4. The summed E-state index contributed by atoms with van der Waals surface area (Å²) in [7, 11) is 0. The molecule has 1 N–H and O–H groups in total. The van der Waals surface area contributed by atoms with Crippen LogP contribution in [0.15, 0.2) is 48.5 Å². The van der Waals surface area contributed by atoms with Crippen molar-refractivity contribution in [2.24, 2.45) is 0 Å². The van der Waals surface area contributed by atoms with E-state index in [1.165, 1.54) is 0 Å². The van der Waals surface area contributed by atoms with E-state index in [4.69, 9.17) is 0 Å². The van der Waals surface area contributed by atoms with Gasteiger partial charge in [-0.15, -0.1) is 0 Å². The molecule has 2 aliphatic rings. The first-order valence-electron chi connectivity index (χ1n) is 10.3. The van der Waals surface area contributed by atoms with E-state index < -0.39 is 12.1 Å². The standard InChI is InChI=1S/C24H27N3O3/c1-15-5-11-18(12-6-15)27-22(29)20-19(25-23(27)30)13-14-26(20)21(28)16-7-9-17(10-8-16)24(2,3)4/h5-12,19-20H,13-14H2,1-4H3,(H,25,30)/t19-,20+/m1/s1. The second-order valence-electron chi connectivity index (χ2n) is 9.12. The lowest BCUT2D eigenvalue weighted by molar-refractivity contribution is -0.122. The molecule has 6 heteroatoms.